The second-order valence-corrected chi connectivity index (χ2v) is 5.75. The fraction of sp³-hybridized carbons (Fsp3) is 0.214. The van der Waals surface area contributed by atoms with Gasteiger partial charge in [-0.3, -0.25) is 0 Å². The largest absolute Gasteiger partial charge is 0.479 e. The molecule has 0 saturated heterocycles. The Labute approximate surface area is 114 Å². The SMILES string of the molecule is Cc1cc(C(Nc2ccc(F)cc2)C(=O)O)c(C)s1. The molecule has 0 fully saturated rings. The van der Waals surface area contributed by atoms with Crippen LogP contribution in [0.2, 0.25) is 0 Å². The molecule has 1 unspecified atom stereocenters. The predicted molar refractivity (Wildman–Crippen MR) is 74.2 cm³/mol. The summed E-state index contributed by atoms with van der Waals surface area (Å²) in [5.41, 5.74) is 1.33. The Kier molecular flexibility index (Phi) is 3.85. The minimum atomic E-state index is -0.953. The quantitative estimate of drug-likeness (QED) is 0.896. The molecule has 0 aliphatic rings. The highest BCUT2D eigenvalue weighted by atomic mass is 32.1. The van der Waals surface area contributed by atoms with Crippen molar-refractivity contribution < 1.29 is 14.3 Å². The number of anilines is 1. The second kappa shape index (κ2) is 5.40. The van der Waals surface area contributed by atoms with Gasteiger partial charge in [0.2, 0.25) is 0 Å². The van der Waals surface area contributed by atoms with Gasteiger partial charge in [0.1, 0.15) is 5.82 Å². The summed E-state index contributed by atoms with van der Waals surface area (Å²) in [6.07, 6.45) is 0. The highest BCUT2D eigenvalue weighted by molar-refractivity contribution is 7.12. The van der Waals surface area contributed by atoms with E-state index in [1.807, 2.05) is 19.9 Å². The van der Waals surface area contributed by atoms with E-state index in [4.69, 9.17) is 0 Å². The smallest absolute Gasteiger partial charge is 0.330 e. The van der Waals surface area contributed by atoms with Crippen molar-refractivity contribution in [1.29, 1.82) is 0 Å². The van der Waals surface area contributed by atoms with Crippen LogP contribution in [0.1, 0.15) is 21.4 Å². The average Bonchev–Trinajstić information content (AvgIpc) is 2.67. The first kappa shape index (κ1) is 13.5. The number of aryl methyl sites for hydroxylation is 2. The van der Waals surface area contributed by atoms with Gasteiger partial charge in [0.15, 0.2) is 6.04 Å². The highest BCUT2D eigenvalue weighted by Gasteiger charge is 2.22. The van der Waals surface area contributed by atoms with E-state index in [9.17, 15) is 14.3 Å². The third kappa shape index (κ3) is 3.12. The van der Waals surface area contributed by atoms with Crippen molar-refractivity contribution in [3.63, 3.8) is 0 Å². The first-order valence-corrected chi connectivity index (χ1v) is 6.61. The molecule has 2 rings (SSSR count). The second-order valence-electron chi connectivity index (χ2n) is 4.29. The van der Waals surface area contributed by atoms with Crippen molar-refractivity contribution in [2.75, 3.05) is 5.32 Å². The van der Waals surface area contributed by atoms with Crippen LogP contribution in [0.15, 0.2) is 30.3 Å². The third-order valence-electron chi connectivity index (χ3n) is 2.79. The average molecular weight is 279 g/mol. The summed E-state index contributed by atoms with van der Waals surface area (Å²) in [4.78, 5) is 13.4. The van der Waals surface area contributed by atoms with Crippen LogP contribution in [0, 0.1) is 19.7 Å². The van der Waals surface area contributed by atoms with Crippen LogP contribution in [0.4, 0.5) is 10.1 Å². The molecule has 1 aromatic carbocycles. The Balaban J connectivity index is 2.29. The molecular formula is C14H14FNO2S. The monoisotopic (exact) mass is 279 g/mol. The molecule has 1 heterocycles. The van der Waals surface area contributed by atoms with Crippen LogP contribution in [-0.4, -0.2) is 11.1 Å². The summed E-state index contributed by atoms with van der Waals surface area (Å²) in [6.45, 7) is 3.84. The number of aliphatic carboxylic acids is 1. The third-order valence-corrected chi connectivity index (χ3v) is 3.77. The van der Waals surface area contributed by atoms with E-state index in [0.29, 0.717) is 5.69 Å². The summed E-state index contributed by atoms with van der Waals surface area (Å²) in [5.74, 6) is -1.30. The molecule has 2 aromatic rings. The highest BCUT2D eigenvalue weighted by Crippen LogP contribution is 2.29. The van der Waals surface area contributed by atoms with Crippen LogP contribution < -0.4 is 5.32 Å². The van der Waals surface area contributed by atoms with E-state index in [1.165, 1.54) is 24.3 Å². The summed E-state index contributed by atoms with van der Waals surface area (Å²) >= 11 is 1.56. The minimum absolute atomic E-state index is 0.347. The lowest BCUT2D eigenvalue weighted by Gasteiger charge is -2.15. The van der Waals surface area contributed by atoms with Crippen LogP contribution in [-0.2, 0) is 4.79 Å². The molecule has 2 N–H and O–H groups in total. The summed E-state index contributed by atoms with van der Waals surface area (Å²) in [7, 11) is 0. The molecule has 3 nitrogen and oxygen atoms in total. The van der Waals surface area contributed by atoms with Crippen LogP contribution >= 0.6 is 11.3 Å². The van der Waals surface area contributed by atoms with Crippen molar-refractivity contribution in [2.24, 2.45) is 0 Å². The molecule has 5 heteroatoms. The van der Waals surface area contributed by atoms with E-state index in [1.54, 1.807) is 11.3 Å². The molecule has 100 valence electrons. The zero-order valence-electron chi connectivity index (χ0n) is 10.6. The molecular weight excluding hydrogens is 265 g/mol. The number of benzene rings is 1. The maximum Gasteiger partial charge on any atom is 0.330 e. The standard InChI is InChI=1S/C14H14FNO2S/c1-8-7-12(9(2)19-8)13(14(17)18)16-11-5-3-10(15)4-6-11/h3-7,13,16H,1-2H3,(H,17,18). The summed E-state index contributed by atoms with van der Waals surface area (Å²) in [6, 6.07) is 6.70. The van der Waals surface area contributed by atoms with E-state index < -0.39 is 12.0 Å². The lowest BCUT2D eigenvalue weighted by molar-refractivity contribution is -0.138. The van der Waals surface area contributed by atoms with Gasteiger partial charge in [0, 0.05) is 15.4 Å². The Morgan fingerprint density at radius 1 is 1.32 bits per heavy atom. The number of carboxylic acid groups (broad SMARTS) is 1. The van der Waals surface area contributed by atoms with E-state index in [0.717, 1.165) is 15.3 Å². The Bertz CT molecular complexity index is 592. The van der Waals surface area contributed by atoms with Gasteiger partial charge in [-0.2, -0.15) is 0 Å². The van der Waals surface area contributed by atoms with E-state index in [2.05, 4.69) is 5.32 Å². The van der Waals surface area contributed by atoms with Crippen molar-refractivity contribution in [1.82, 2.24) is 0 Å². The van der Waals surface area contributed by atoms with Gasteiger partial charge in [0.25, 0.3) is 0 Å². The van der Waals surface area contributed by atoms with Gasteiger partial charge in [0.05, 0.1) is 0 Å². The molecule has 19 heavy (non-hydrogen) atoms. The lowest BCUT2D eigenvalue weighted by atomic mass is 10.1. The van der Waals surface area contributed by atoms with Crippen LogP contribution in [0.5, 0.6) is 0 Å². The van der Waals surface area contributed by atoms with Gasteiger partial charge >= 0.3 is 5.97 Å². The fourth-order valence-electron chi connectivity index (χ4n) is 1.92. The molecule has 0 bridgehead atoms. The molecule has 0 amide bonds. The zero-order chi connectivity index (χ0) is 14.0. The number of hydrogen-bond donors (Lipinski definition) is 2. The first-order valence-electron chi connectivity index (χ1n) is 5.79. The molecule has 0 spiro atoms. The lowest BCUT2D eigenvalue weighted by Crippen LogP contribution is -2.20. The number of thiophene rings is 1. The minimum Gasteiger partial charge on any atom is -0.479 e. The van der Waals surface area contributed by atoms with Gasteiger partial charge in [-0.25, -0.2) is 9.18 Å². The Morgan fingerprint density at radius 2 is 1.95 bits per heavy atom. The summed E-state index contributed by atoms with van der Waals surface area (Å²) in [5, 5.41) is 12.3. The van der Waals surface area contributed by atoms with Crippen molar-refractivity contribution >= 4 is 23.0 Å². The van der Waals surface area contributed by atoms with Crippen molar-refractivity contribution in [3.8, 4) is 0 Å². The molecule has 1 atom stereocenters. The van der Waals surface area contributed by atoms with Gasteiger partial charge in [-0.15, -0.1) is 11.3 Å². The van der Waals surface area contributed by atoms with E-state index >= 15 is 0 Å². The topological polar surface area (TPSA) is 49.3 Å². The normalized spacial score (nSPS) is 12.2. The molecule has 0 saturated carbocycles. The van der Waals surface area contributed by atoms with Crippen LogP contribution in [0.3, 0.4) is 0 Å². The van der Waals surface area contributed by atoms with Gasteiger partial charge in [-0.05, 0) is 49.7 Å². The molecule has 0 aliphatic heterocycles. The number of halogens is 1. The fourth-order valence-corrected chi connectivity index (χ4v) is 2.89. The van der Waals surface area contributed by atoms with Crippen molar-refractivity contribution in [2.45, 2.75) is 19.9 Å². The number of carbonyl (C=O) groups is 1. The van der Waals surface area contributed by atoms with Crippen molar-refractivity contribution in [3.05, 3.63) is 51.5 Å². The first-order chi connectivity index (χ1) is 8.97. The molecule has 1 aromatic heterocycles. The number of carboxylic acids is 1. The zero-order valence-corrected chi connectivity index (χ0v) is 11.4. The maximum absolute atomic E-state index is 12.8. The molecule has 0 radical (unpaired) electrons. The number of rotatable bonds is 4. The summed E-state index contributed by atoms with van der Waals surface area (Å²) < 4.78 is 12.8. The Morgan fingerprint density at radius 3 is 2.42 bits per heavy atom. The van der Waals surface area contributed by atoms with E-state index in [-0.39, 0.29) is 5.82 Å². The van der Waals surface area contributed by atoms with Crippen LogP contribution in [0.25, 0.3) is 0 Å². The maximum atomic E-state index is 12.8. The Hall–Kier alpha value is -1.88. The number of hydrogen-bond acceptors (Lipinski definition) is 3. The molecule has 0 aliphatic carbocycles. The predicted octanol–water partition coefficient (Wildman–Crippen LogP) is 3.74. The van der Waals surface area contributed by atoms with Gasteiger partial charge < -0.3 is 10.4 Å². The van der Waals surface area contributed by atoms with Gasteiger partial charge in [-0.1, -0.05) is 0 Å². The number of nitrogens with one attached hydrogen (secondary N) is 1.